The highest BCUT2D eigenvalue weighted by Gasteiger charge is 2.38. The highest BCUT2D eigenvalue weighted by atomic mass is 16.5. The molecule has 4 rings (SSSR count). The van der Waals surface area contributed by atoms with Gasteiger partial charge in [-0.2, -0.15) is 0 Å². The van der Waals surface area contributed by atoms with Gasteiger partial charge in [0.15, 0.2) is 0 Å². The first-order valence-electron chi connectivity index (χ1n) is 12.9. The molecule has 3 aromatic carbocycles. The first-order valence-corrected chi connectivity index (χ1v) is 12.9. The average molecular weight is 546 g/mol. The van der Waals surface area contributed by atoms with Gasteiger partial charge >= 0.3 is 11.9 Å². The van der Waals surface area contributed by atoms with E-state index in [1.54, 1.807) is 70.5 Å². The number of fused-ring (bicyclic) bond motifs is 1. The standard InChI is InChI=1S/C31H31NO8/c1-5-38-27(33)18-25-24-16-20(21-14-22(36-3)17-23(15-21)37-4)12-13-26(24)40-30(28(25)31(35)39-6-2)32-29(34)19-10-8-7-9-11-19/h7-17,25H,5-6,18H2,1-4H3,(H,32,34). The third-order valence-corrected chi connectivity index (χ3v) is 6.31. The van der Waals surface area contributed by atoms with Crippen molar-refractivity contribution in [3.8, 4) is 28.4 Å². The monoisotopic (exact) mass is 545 g/mol. The van der Waals surface area contributed by atoms with Crippen LogP contribution < -0.4 is 19.5 Å². The molecule has 0 fully saturated rings. The van der Waals surface area contributed by atoms with Crippen molar-refractivity contribution in [2.45, 2.75) is 26.2 Å². The number of esters is 2. The number of rotatable bonds is 10. The van der Waals surface area contributed by atoms with E-state index < -0.39 is 23.8 Å². The smallest absolute Gasteiger partial charge is 0.340 e. The van der Waals surface area contributed by atoms with Crippen LogP contribution in [0.2, 0.25) is 0 Å². The van der Waals surface area contributed by atoms with Crippen molar-refractivity contribution in [2.75, 3.05) is 27.4 Å². The zero-order valence-corrected chi connectivity index (χ0v) is 22.8. The first-order chi connectivity index (χ1) is 19.4. The largest absolute Gasteiger partial charge is 0.497 e. The van der Waals surface area contributed by atoms with E-state index in [4.69, 9.17) is 23.7 Å². The van der Waals surface area contributed by atoms with E-state index in [2.05, 4.69) is 5.32 Å². The summed E-state index contributed by atoms with van der Waals surface area (Å²) in [6.07, 6.45) is -0.173. The lowest BCUT2D eigenvalue weighted by Gasteiger charge is -2.29. The fourth-order valence-corrected chi connectivity index (χ4v) is 4.45. The minimum Gasteiger partial charge on any atom is -0.497 e. The maximum atomic E-state index is 13.3. The number of ether oxygens (including phenoxy) is 5. The highest BCUT2D eigenvalue weighted by Crippen LogP contribution is 2.44. The van der Waals surface area contributed by atoms with Crippen molar-refractivity contribution in [1.82, 2.24) is 5.32 Å². The lowest BCUT2D eigenvalue weighted by molar-refractivity contribution is -0.143. The molecule has 9 heteroatoms. The number of nitrogens with one attached hydrogen (secondary N) is 1. The lowest BCUT2D eigenvalue weighted by Crippen LogP contribution is -2.34. The molecule has 40 heavy (non-hydrogen) atoms. The van der Waals surface area contributed by atoms with E-state index in [0.717, 1.165) is 11.1 Å². The molecule has 1 N–H and O–H groups in total. The summed E-state index contributed by atoms with van der Waals surface area (Å²) in [5.41, 5.74) is 2.52. The maximum absolute atomic E-state index is 13.3. The predicted molar refractivity (Wildman–Crippen MR) is 147 cm³/mol. The molecule has 1 atom stereocenters. The second-order valence-corrected chi connectivity index (χ2v) is 8.80. The summed E-state index contributed by atoms with van der Waals surface area (Å²) in [6.45, 7) is 3.64. The van der Waals surface area contributed by atoms with Gasteiger partial charge in [-0.05, 0) is 61.4 Å². The van der Waals surface area contributed by atoms with Crippen molar-refractivity contribution < 1.29 is 38.1 Å². The summed E-state index contributed by atoms with van der Waals surface area (Å²) in [4.78, 5) is 39.1. The van der Waals surface area contributed by atoms with Crippen LogP contribution in [0.5, 0.6) is 17.2 Å². The zero-order valence-electron chi connectivity index (χ0n) is 22.8. The van der Waals surface area contributed by atoms with E-state index >= 15 is 0 Å². The van der Waals surface area contributed by atoms with Crippen molar-refractivity contribution in [3.05, 3.63) is 89.3 Å². The van der Waals surface area contributed by atoms with Crippen LogP contribution in [0.3, 0.4) is 0 Å². The summed E-state index contributed by atoms with van der Waals surface area (Å²) >= 11 is 0. The van der Waals surface area contributed by atoms with Crippen molar-refractivity contribution >= 4 is 17.8 Å². The van der Waals surface area contributed by atoms with Crippen LogP contribution in [0, 0.1) is 0 Å². The SMILES string of the molecule is CCOC(=O)CC1C(C(=O)OCC)=C(NC(=O)c2ccccc2)Oc2ccc(-c3cc(OC)cc(OC)c3)cc21. The molecule has 9 nitrogen and oxygen atoms in total. The molecule has 1 aliphatic heterocycles. The normalized spacial score (nSPS) is 13.9. The fraction of sp³-hybridized carbons (Fsp3) is 0.258. The Hall–Kier alpha value is -4.79. The van der Waals surface area contributed by atoms with Crippen LogP contribution >= 0.6 is 0 Å². The summed E-state index contributed by atoms with van der Waals surface area (Å²) in [5, 5.41) is 2.71. The number of hydrogen-bond donors (Lipinski definition) is 1. The van der Waals surface area contributed by atoms with Crippen LogP contribution in [0.25, 0.3) is 11.1 Å². The number of carbonyl (C=O) groups is 3. The molecule has 0 radical (unpaired) electrons. The van der Waals surface area contributed by atoms with Crippen molar-refractivity contribution in [1.29, 1.82) is 0 Å². The Morgan fingerprint density at radius 3 is 2.12 bits per heavy atom. The molecule has 0 saturated heterocycles. The van der Waals surface area contributed by atoms with Gasteiger partial charge in [0.25, 0.3) is 5.91 Å². The molecule has 208 valence electrons. The van der Waals surface area contributed by atoms with E-state index in [0.29, 0.717) is 28.4 Å². The highest BCUT2D eigenvalue weighted by molar-refractivity contribution is 5.98. The lowest BCUT2D eigenvalue weighted by atomic mass is 9.84. The Morgan fingerprint density at radius 2 is 1.50 bits per heavy atom. The third kappa shape index (κ3) is 6.26. The van der Waals surface area contributed by atoms with Crippen LogP contribution in [-0.4, -0.2) is 45.3 Å². The fourth-order valence-electron chi connectivity index (χ4n) is 4.45. The van der Waals surface area contributed by atoms with Crippen LogP contribution in [-0.2, 0) is 19.1 Å². The Balaban J connectivity index is 1.84. The van der Waals surface area contributed by atoms with Crippen LogP contribution in [0.15, 0.2) is 78.2 Å². The number of methoxy groups -OCH3 is 2. The topological polar surface area (TPSA) is 109 Å². The Kier molecular flexibility index (Phi) is 9.06. The summed E-state index contributed by atoms with van der Waals surface area (Å²) < 4.78 is 27.5. The number of carbonyl (C=O) groups excluding carboxylic acids is 3. The van der Waals surface area contributed by atoms with Gasteiger partial charge in [-0.1, -0.05) is 24.3 Å². The molecule has 3 aromatic rings. The Morgan fingerprint density at radius 1 is 0.825 bits per heavy atom. The molecule has 1 amide bonds. The minimum atomic E-state index is -0.819. The third-order valence-electron chi connectivity index (χ3n) is 6.31. The van der Waals surface area contributed by atoms with E-state index in [-0.39, 0.29) is 31.1 Å². The van der Waals surface area contributed by atoms with Crippen molar-refractivity contribution in [3.63, 3.8) is 0 Å². The average Bonchev–Trinajstić information content (AvgIpc) is 2.97. The Bertz CT molecular complexity index is 1410. The molecule has 0 bridgehead atoms. The van der Waals surface area contributed by atoms with Gasteiger partial charge < -0.3 is 23.7 Å². The quantitative estimate of drug-likeness (QED) is 0.355. The number of hydrogen-bond acceptors (Lipinski definition) is 8. The van der Waals surface area contributed by atoms with Gasteiger partial charge in [0.2, 0.25) is 5.88 Å². The van der Waals surface area contributed by atoms with E-state index in [1.165, 1.54) is 0 Å². The Labute approximate surface area is 232 Å². The number of amides is 1. The molecular weight excluding hydrogens is 514 g/mol. The summed E-state index contributed by atoms with van der Waals surface area (Å²) in [6, 6.07) is 19.4. The summed E-state index contributed by atoms with van der Waals surface area (Å²) in [7, 11) is 3.13. The molecule has 0 saturated carbocycles. The molecule has 1 heterocycles. The summed E-state index contributed by atoms with van der Waals surface area (Å²) in [5.74, 6) is -1.03. The molecule has 0 aliphatic carbocycles. The molecular formula is C31H31NO8. The van der Waals surface area contributed by atoms with Gasteiger partial charge in [-0.25, -0.2) is 4.79 Å². The van der Waals surface area contributed by atoms with Gasteiger partial charge in [-0.15, -0.1) is 0 Å². The zero-order chi connectivity index (χ0) is 28.6. The van der Waals surface area contributed by atoms with Gasteiger partial charge in [0, 0.05) is 23.1 Å². The van der Waals surface area contributed by atoms with Gasteiger partial charge in [0.05, 0.1) is 33.9 Å². The second-order valence-electron chi connectivity index (χ2n) is 8.80. The van der Waals surface area contributed by atoms with Gasteiger partial charge in [0.1, 0.15) is 22.8 Å². The molecule has 1 aliphatic rings. The van der Waals surface area contributed by atoms with Crippen LogP contribution in [0.1, 0.15) is 42.1 Å². The minimum absolute atomic E-state index is 0.0204. The van der Waals surface area contributed by atoms with E-state index in [1.807, 2.05) is 24.3 Å². The molecule has 1 unspecified atom stereocenters. The second kappa shape index (κ2) is 12.8. The maximum Gasteiger partial charge on any atom is 0.340 e. The predicted octanol–water partition coefficient (Wildman–Crippen LogP) is 5.00. The van der Waals surface area contributed by atoms with Crippen LogP contribution in [0.4, 0.5) is 0 Å². The van der Waals surface area contributed by atoms with Gasteiger partial charge in [-0.3, -0.25) is 14.9 Å². The molecule has 0 spiro atoms. The van der Waals surface area contributed by atoms with Crippen molar-refractivity contribution in [2.24, 2.45) is 0 Å². The first kappa shape index (κ1) is 28.2. The van der Waals surface area contributed by atoms with E-state index in [9.17, 15) is 14.4 Å². The number of benzene rings is 3. The molecule has 0 aromatic heterocycles.